The van der Waals surface area contributed by atoms with E-state index in [0.29, 0.717) is 13.2 Å². The Kier molecular flexibility index (Phi) is 6.17. The second-order valence-corrected chi connectivity index (χ2v) is 5.62. The summed E-state index contributed by atoms with van der Waals surface area (Å²) in [5.41, 5.74) is 2.05. The zero-order chi connectivity index (χ0) is 15.1. The zero-order valence-corrected chi connectivity index (χ0v) is 13.6. The molecule has 0 unspecified atom stereocenters. The SMILES string of the molecule is CCNCc1sc(-c2ccccc2OCC)nc1COC. The van der Waals surface area contributed by atoms with Gasteiger partial charge in [0.15, 0.2) is 0 Å². The Morgan fingerprint density at radius 1 is 1.24 bits per heavy atom. The molecule has 0 aliphatic carbocycles. The van der Waals surface area contributed by atoms with Crippen LogP contribution in [0.4, 0.5) is 0 Å². The number of methoxy groups -OCH3 is 1. The first-order valence-corrected chi connectivity index (χ1v) is 8.02. The zero-order valence-electron chi connectivity index (χ0n) is 12.8. The lowest BCUT2D eigenvalue weighted by Crippen LogP contribution is -2.12. The minimum atomic E-state index is 0.536. The molecular weight excluding hydrogens is 284 g/mol. The number of thiazole rings is 1. The van der Waals surface area contributed by atoms with E-state index in [1.165, 1.54) is 4.88 Å². The molecule has 5 heteroatoms. The fourth-order valence-corrected chi connectivity index (χ4v) is 3.11. The standard InChI is InChI=1S/C16H22N2O2S/c1-4-17-10-15-13(11-19-3)18-16(21-15)12-8-6-7-9-14(12)20-5-2/h6-9,17H,4-5,10-11H2,1-3H3. The number of rotatable bonds is 8. The summed E-state index contributed by atoms with van der Waals surface area (Å²) in [5.74, 6) is 0.882. The third-order valence-corrected chi connectivity index (χ3v) is 4.14. The van der Waals surface area contributed by atoms with Crippen molar-refractivity contribution < 1.29 is 9.47 Å². The fourth-order valence-electron chi connectivity index (χ4n) is 2.05. The van der Waals surface area contributed by atoms with Crippen LogP contribution in [-0.2, 0) is 17.9 Å². The molecule has 0 saturated carbocycles. The van der Waals surface area contributed by atoms with Crippen LogP contribution in [0.3, 0.4) is 0 Å². The van der Waals surface area contributed by atoms with Crippen LogP contribution in [0.15, 0.2) is 24.3 Å². The number of benzene rings is 1. The van der Waals surface area contributed by atoms with E-state index in [9.17, 15) is 0 Å². The normalized spacial score (nSPS) is 10.8. The van der Waals surface area contributed by atoms with Gasteiger partial charge in [-0.1, -0.05) is 19.1 Å². The topological polar surface area (TPSA) is 43.4 Å². The maximum Gasteiger partial charge on any atom is 0.129 e. The van der Waals surface area contributed by atoms with Crippen molar-refractivity contribution in [2.45, 2.75) is 27.0 Å². The summed E-state index contributed by atoms with van der Waals surface area (Å²) in [6.07, 6.45) is 0. The molecule has 1 N–H and O–H groups in total. The molecular formula is C16H22N2O2S. The first-order chi connectivity index (χ1) is 10.3. The van der Waals surface area contributed by atoms with E-state index in [1.54, 1.807) is 18.4 Å². The molecule has 0 aliphatic rings. The van der Waals surface area contributed by atoms with Crippen LogP contribution in [0.2, 0.25) is 0 Å². The number of nitrogens with zero attached hydrogens (tertiary/aromatic N) is 1. The Balaban J connectivity index is 2.35. The molecule has 114 valence electrons. The maximum atomic E-state index is 5.70. The quantitative estimate of drug-likeness (QED) is 0.811. The van der Waals surface area contributed by atoms with E-state index >= 15 is 0 Å². The largest absolute Gasteiger partial charge is 0.493 e. The van der Waals surface area contributed by atoms with Crippen LogP contribution < -0.4 is 10.1 Å². The Morgan fingerprint density at radius 3 is 2.76 bits per heavy atom. The minimum absolute atomic E-state index is 0.536. The molecule has 2 aromatic rings. The molecule has 0 aliphatic heterocycles. The number of nitrogens with one attached hydrogen (secondary N) is 1. The predicted octanol–water partition coefficient (Wildman–Crippen LogP) is 3.46. The molecule has 1 aromatic carbocycles. The number of aromatic nitrogens is 1. The Morgan fingerprint density at radius 2 is 2.05 bits per heavy atom. The van der Waals surface area contributed by atoms with Gasteiger partial charge in [-0.2, -0.15) is 0 Å². The minimum Gasteiger partial charge on any atom is -0.493 e. The molecule has 1 aromatic heterocycles. The van der Waals surface area contributed by atoms with E-state index in [1.807, 2.05) is 25.1 Å². The van der Waals surface area contributed by atoms with Gasteiger partial charge >= 0.3 is 0 Å². The van der Waals surface area contributed by atoms with E-state index in [0.717, 1.165) is 35.1 Å². The average Bonchev–Trinajstić information content (AvgIpc) is 2.89. The average molecular weight is 306 g/mol. The molecule has 0 radical (unpaired) electrons. The fraction of sp³-hybridized carbons (Fsp3) is 0.438. The Bertz CT molecular complexity index is 569. The van der Waals surface area contributed by atoms with Gasteiger partial charge in [0, 0.05) is 18.5 Å². The molecule has 1 heterocycles. The monoisotopic (exact) mass is 306 g/mol. The van der Waals surface area contributed by atoms with Gasteiger partial charge in [-0.3, -0.25) is 0 Å². The second kappa shape index (κ2) is 8.12. The highest BCUT2D eigenvalue weighted by Crippen LogP contribution is 2.34. The number of para-hydroxylation sites is 1. The van der Waals surface area contributed by atoms with E-state index in [4.69, 9.17) is 14.5 Å². The summed E-state index contributed by atoms with van der Waals surface area (Å²) in [5, 5.41) is 4.34. The van der Waals surface area contributed by atoms with Crippen LogP contribution in [0.1, 0.15) is 24.4 Å². The summed E-state index contributed by atoms with van der Waals surface area (Å²) in [6.45, 7) is 7.04. The van der Waals surface area contributed by atoms with Gasteiger partial charge in [0.1, 0.15) is 10.8 Å². The molecule has 0 bridgehead atoms. The van der Waals surface area contributed by atoms with E-state index < -0.39 is 0 Å². The molecule has 0 saturated heterocycles. The van der Waals surface area contributed by atoms with Gasteiger partial charge in [0.25, 0.3) is 0 Å². The summed E-state index contributed by atoms with van der Waals surface area (Å²) >= 11 is 1.70. The third-order valence-electron chi connectivity index (χ3n) is 3.01. The van der Waals surface area contributed by atoms with Crippen molar-refractivity contribution in [3.63, 3.8) is 0 Å². The number of hydrogen-bond acceptors (Lipinski definition) is 5. The van der Waals surface area contributed by atoms with E-state index in [-0.39, 0.29) is 0 Å². The van der Waals surface area contributed by atoms with Crippen molar-refractivity contribution in [2.24, 2.45) is 0 Å². The van der Waals surface area contributed by atoms with Gasteiger partial charge in [-0.25, -0.2) is 4.98 Å². The number of hydrogen-bond donors (Lipinski definition) is 1. The highest BCUT2D eigenvalue weighted by molar-refractivity contribution is 7.15. The van der Waals surface area contributed by atoms with Crippen LogP contribution in [0, 0.1) is 0 Å². The molecule has 0 fully saturated rings. The Labute approximate surface area is 130 Å². The molecule has 0 spiro atoms. The summed E-state index contributed by atoms with van der Waals surface area (Å²) in [7, 11) is 1.70. The van der Waals surface area contributed by atoms with Crippen molar-refractivity contribution >= 4 is 11.3 Å². The van der Waals surface area contributed by atoms with Crippen molar-refractivity contribution in [2.75, 3.05) is 20.3 Å². The van der Waals surface area contributed by atoms with Crippen LogP contribution >= 0.6 is 11.3 Å². The molecule has 21 heavy (non-hydrogen) atoms. The van der Waals surface area contributed by atoms with Crippen molar-refractivity contribution in [1.29, 1.82) is 0 Å². The smallest absolute Gasteiger partial charge is 0.129 e. The van der Waals surface area contributed by atoms with Gasteiger partial charge in [0.2, 0.25) is 0 Å². The summed E-state index contributed by atoms with van der Waals surface area (Å²) in [4.78, 5) is 5.96. The lowest BCUT2D eigenvalue weighted by molar-refractivity contribution is 0.181. The van der Waals surface area contributed by atoms with Gasteiger partial charge in [-0.05, 0) is 25.6 Å². The maximum absolute atomic E-state index is 5.70. The highest BCUT2D eigenvalue weighted by Gasteiger charge is 2.15. The number of ether oxygens (including phenoxy) is 2. The van der Waals surface area contributed by atoms with E-state index in [2.05, 4.69) is 18.3 Å². The highest BCUT2D eigenvalue weighted by atomic mass is 32.1. The lowest BCUT2D eigenvalue weighted by Gasteiger charge is -2.07. The molecule has 0 amide bonds. The first-order valence-electron chi connectivity index (χ1n) is 7.20. The van der Waals surface area contributed by atoms with Gasteiger partial charge < -0.3 is 14.8 Å². The van der Waals surface area contributed by atoms with Crippen molar-refractivity contribution in [1.82, 2.24) is 10.3 Å². The van der Waals surface area contributed by atoms with Crippen LogP contribution in [-0.4, -0.2) is 25.2 Å². The summed E-state index contributed by atoms with van der Waals surface area (Å²) in [6, 6.07) is 8.04. The molecule has 0 atom stereocenters. The second-order valence-electron chi connectivity index (χ2n) is 4.53. The van der Waals surface area contributed by atoms with Gasteiger partial charge in [0.05, 0.1) is 24.5 Å². The molecule has 2 rings (SSSR count). The Hall–Kier alpha value is -1.43. The van der Waals surface area contributed by atoms with Crippen molar-refractivity contribution in [3.8, 4) is 16.3 Å². The third kappa shape index (κ3) is 4.03. The molecule has 4 nitrogen and oxygen atoms in total. The van der Waals surface area contributed by atoms with Crippen LogP contribution in [0.25, 0.3) is 10.6 Å². The van der Waals surface area contributed by atoms with Crippen molar-refractivity contribution in [3.05, 3.63) is 34.8 Å². The summed E-state index contributed by atoms with van der Waals surface area (Å²) < 4.78 is 11.0. The first kappa shape index (κ1) is 15.9. The van der Waals surface area contributed by atoms with Gasteiger partial charge in [-0.15, -0.1) is 11.3 Å². The predicted molar refractivity (Wildman–Crippen MR) is 86.8 cm³/mol. The van der Waals surface area contributed by atoms with Crippen LogP contribution in [0.5, 0.6) is 5.75 Å². The lowest BCUT2D eigenvalue weighted by atomic mass is 10.2.